The van der Waals surface area contributed by atoms with Crippen LogP contribution in [0.15, 0.2) is 30.3 Å². The summed E-state index contributed by atoms with van der Waals surface area (Å²) in [4.78, 5) is 24.6. The predicted octanol–water partition coefficient (Wildman–Crippen LogP) is 5.25. The van der Waals surface area contributed by atoms with Crippen LogP contribution in [0.3, 0.4) is 0 Å². The highest BCUT2D eigenvalue weighted by atomic mass is 16.6. The smallest absolute Gasteiger partial charge is 0.303 e. The maximum absolute atomic E-state index is 12.3. The maximum Gasteiger partial charge on any atom is 0.303 e. The Morgan fingerprint density at radius 2 is 1.67 bits per heavy atom. The van der Waals surface area contributed by atoms with Crippen molar-refractivity contribution in [3.05, 3.63) is 35.9 Å². The lowest BCUT2D eigenvalue weighted by Crippen LogP contribution is -2.34. The number of esters is 1. The first-order valence-electron chi connectivity index (χ1n) is 10.1. The first kappa shape index (κ1) is 25.2. The molecular weight excluding hydrogens is 338 g/mol. The minimum absolute atomic E-state index is 0.225. The molecule has 1 unspecified atom stereocenters. The Kier molecular flexibility index (Phi) is 12.4. The number of rotatable bonds is 8. The second-order valence-electron chi connectivity index (χ2n) is 8.05. The lowest BCUT2D eigenvalue weighted by Gasteiger charge is -2.23. The molecule has 1 atom stereocenters. The summed E-state index contributed by atoms with van der Waals surface area (Å²) < 4.78 is 4.80. The van der Waals surface area contributed by atoms with E-state index in [0.717, 1.165) is 31.5 Å². The van der Waals surface area contributed by atoms with Crippen LogP contribution in [0.25, 0.3) is 0 Å². The zero-order valence-electron chi connectivity index (χ0n) is 18.4. The summed E-state index contributed by atoms with van der Waals surface area (Å²) in [5.74, 6) is 0.734. The van der Waals surface area contributed by atoms with Gasteiger partial charge in [-0.3, -0.25) is 9.59 Å². The number of carbonyl (C=O) groups is 2. The van der Waals surface area contributed by atoms with Crippen molar-refractivity contribution >= 4 is 11.9 Å². The van der Waals surface area contributed by atoms with Crippen molar-refractivity contribution in [3.63, 3.8) is 0 Å². The largest absolute Gasteiger partial charge is 0.460 e. The van der Waals surface area contributed by atoms with E-state index in [1.165, 1.54) is 13.3 Å². The maximum atomic E-state index is 12.3. The molecule has 0 spiro atoms. The molecule has 0 aromatic heterocycles. The Morgan fingerprint density at radius 3 is 2.07 bits per heavy atom. The third-order valence-corrected chi connectivity index (χ3v) is 4.08. The van der Waals surface area contributed by atoms with Gasteiger partial charge in [0.25, 0.3) is 0 Å². The van der Waals surface area contributed by atoms with Gasteiger partial charge in [-0.15, -0.1) is 0 Å². The molecule has 0 radical (unpaired) electrons. The SMILES string of the molecule is CC(=O)OC(C)(C)C.CCCN(CCC(C)CC)C(=O)Cc1ccccc1. The van der Waals surface area contributed by atoms with Crippen molar-refractivity contribution in [2.45, 2.75) is 79.8 Å². The third-order valence-electron chi connectivity index (χ3n) is 4.08. The summed E-state index contributed by atoms with van der Waals surface area (Å²) in [7, 11) is 0. The molecular formula is C23H39NO3. The van der Waals surface area contributed by atoms with Crippen LogP contribution in [0, 0.1) is 5.92 Å². The van der Waals surface area contributed by atoms with Gasteiger partial charge in [-0.25, -0.2) is 0 Å². The van der Waals surface area contributed by atoms with Crippen molar-refractivity contribution < 1.29 is 14.3 Å². The molecule has 0 fully saturated rings. The van der Waals surface area contributed by atoms with Crippen LogP contribution in [0.2, 0.25) is 0 Å². The zero-order chi connectivity index (χ0) is 20.9. The van der Waals surface area contributed by atoms with Crippen molar-refractivity contribution in [3.8, 4) is 0 Å². The summed E-state index contributed by atoms with van der Waals surface area (Å²) in [5.41, 5.74) is 0.781. The number of carbonyl (C=O) groups excluding carboxylic acids is 2. The summed E-state index contributed by atoms with van der Waals surface area (Å²) >= 11 is 0. The van der Waals surface area contributed by atoms with Crippen LogP contribution in [-0.2, 0) is 20.7 Å². The van der Waals surface area contributed by atoms with Crippen LogP contribution in [0.5, 0.6) is 0 Å². The third kappa shape index (κ3) is 14.0. The first-order chi connectivity index (χ1) is 12.6. The average Bonchev–Trinajstić information content (AvgIpc) is 2.57. The Balaban J connectivity index is 0.000000713. The summed E-state index contributed by atoms with van der Waals surface area (Å²) in [6, 6.07) is 10.0. The van der Waals surface area contributed by atoms with Crippen LogP contribution in [0.4, 0.5) is 0 Å². The molecule has 0 N–H and O–H groups in total. The lowest BCUT2D eigenvalue weighted by molar-refractivity contribution is -0.151. The van der Waals surface area contributed by atoms with Gasteiger partial charge in [0.1, 0.15) is 5.60 Å². The van der Waals surface area contributed by atoms with Crippen LogP contribution < -0.4 is 0 Å². The molecule has 1 aromatic rings. The van der Waals surface area contributed by atoms with E-state index < -0.39 is 0 Å². The van der Waals surface area contributed by atoms with Crippen molar-refractivity contribution in [1.29, 1.82) is 0 Å². The minimum Gasteiger partial charge on any atom is -0.460 e. The molecule has 154 valence electrons. The summed E-state index contributed by atoms with van der Waals surface area (Å²) in [6.07, 6.45) is 3.85. The number of hydrogen-bond acceptors (Lipinski definition) is 3. The Bertz CT molecular complexity index is 534. The van der Waals surface area contributed by atoms with Gasteiger partial charge in [-0.1, -0.05) is 57.5 Å². The normalized spacial score (nSPS) is 11.8. The van der Waals surface area contributed by atoms with Gasteiger partial charge in [-0.2, -0.15) is 0 Å². The molecule has 0 heterocycles. The van der Waals surface area contributed by atoms with E-state index in [1.807, 2.05) is 56.0 Å². The second kappa shape index (κ2) is 13.3. The molecule has 0 bridgehead atoms. The predicted molar refractivity (Wildman–Crippen MR) is 113 cm³/mol. The van der Waals surface area contributed by atoms with Crippen molar-refractivity contribution in [2.24, 2.45) is 5.92 Å². The highest BCUT2D eigenvalue weighted by Crippen LogP contribution is 2.10. The van der Waals surface area contributed by atoms with E-state index in [9.17, 15) is 9.59 Å². The van der Waals surface area contributed by atoms with Gasteiger partial charge in [0.05, 0.1) is 6.42 Å². The molecule has 4 heteroatoms. The molecule has 0 saturated heterocycles. The molecule has 1 amide bonds. The van der Waals surface area contributed by atoms with Crippen molar-refractivity contribution in [2.75, 3.05) is 13.1 Å². The molecule has 27 heavy (non-hydrogen) atoms. The van der Waals surface area contributed by atoms with Crippen LogP contribution in [0.1, 0.15) is 73.3 Å². The number of ether oxygens (including phenoxy) is 1. The van der Waals surface area contributed by atoms with E-state index in [1.54, 1.807) is 0 Å². The topological polar surface area (TPSA) is 46.6 Å². The molecule has 0 aliphatic rings. The lowest BCUT2D eigenvalue weighted by atomic mass is 10.0. The van der Waals surface area contributed by atoms with Gasteiger partial charge in [0, 0.05) is 20.0 Å². The van der Waals surface area contributed by atoms with Crippen LogP contribution in [-0.4, -0.2) is 35.5 Å². The number of benzene rings is 1. The fourth-order valence-corrected chi connectivity index (χ4v) is 2.52. The highest BCUT2D eigenvalue weighted by molar-refractivity contribution is 5.78. The molecule has 4 nitrogen and oxygen atoms in total. The Labute approximate surface area is 166 Å². The monoisotopic (exact) mass is 377 g/mol. The fourth-order valence-electron chi connectivity index (χ4n) is 2.52. The number of hydrogen-bond donors (Lipinski definition) is 0. The number of nitrogens with zero attached hydrogens (tertiary/aromatic N) is 1. The van der Waals surface area contributed by atoms with Gasteiger partial charge >= 0.3 is 5.97 Å². The fraction of sp³-hybridized carbons (Fsp3) is 0.652. The summed E-state index contributed by atoms with van der Waals surface area (Å²) in [5, 5.41) is 0. The van der Waals surface area contributed by atoms with Gasteiger partial charge < -0.3 is 9.64 Å². The molecule has 0 saturated carbocycles. The standard InChI is InChI=1S/C17H27NO.C6H12O2/c1-4-12-18(13-11-15(3)5-2)17(19)14-16-9-7-6-8-10-16;1-5(7)8-6(2,3)4/h6-10,15H,4-5,11-14H2,1-3H3;1-4H3. The highest BCUT2D eigenvalue weighted by Gasteiger charge is 2.14. The van der Waals surface area contributed by atoms with E-state index in [0.29, 0.717) is 12.3 Å². The molecule has 1 rings (SSSR count). The quantitative estimate of drug-likeness (QED) is 0.581. The first-order valence-corrected chi connectivity index (χ1v) is 10.1. The Hall–Kier alpha value is -1.84. The van der Waals surface area contributed by atoms with E-state index in [-0.39, 0.29) is 17.5 Å². The van der Waals surface area contributed by atoms with E-state index in [4.69, 9.17) is 4.74 Å². The second-order valence-corrected chi connectivity index (χ2v) is 8.05. The molecule has 0 aliphatic carbocycles. The van der Waals surface area contributed by atoms with Crippen LogP contribution >= 0.6 is 0 Å². The molecule has 0 aliphatic heterocycles. The van der Waals surface area contributed by atoms with E-state index in [2.05, 4.69) is 20.8 Å². The summed E-state index contributed by atoms with van der Waals surface area (Å²) in [6.45, 7) is 15.3. The average molecular weight is 378 g/mol. The zero-order valence-corrected chi connectivity index (χ0v) is 18.4. The Morgan fingerprint density at radius 1 is 1.07 bits per heavy atom. The van der Waals surface area contributed by atoms with E-state index >= 15 is 0 Å². The minimum atomic E-state index is -0.328. The molecule has 1 aromatic carbocycles. The number of amides is 1. The van der Waals surface area contributed by atoms with Gasteiger partial charge in [0.15, 0.2) is 0 Å². The van der Waals surface area contributed by atoms with Gasteiger partial charge in [-0.05, 0) is 45.1 Å². The van der Waals surface area contributed by atoms with Gasteiger partial charge in [0.2, 0.25) is 5.91 Å². The van der Waals surface area contributed by atoms with Crippen molar-refractivity contribution in [1.82, 2.24) is 4.90 Å².